The number of rotatable bonds is 9. The third-order valence-corrected chi connectivity index (χ3v) is 3.54. The van der Waals surface area contributed by atoms with E-state index >= 15 is 0 Å². The molecule has 0 heterocycles. The van der Waals surface area contributed by atoms with Crippen molar-refractivity contribution in [2.45, 2.75) is 6.54 Å². The molecule has 4 heteroatoms. The lowest BCUT2D eigenvalue weighted by atomic mass is 10.2. The highest BCUT2D eigenvalue weighted by Crippen LogP contribution is 2.08. The van der Waals surface area contributed by atoms with E-state index in [0.717, 1.165) is 13.1 Å². The Kier molecular flexibility index (Phi) is 7.79. The van der Waals surface area contributed by atoms with E-state index in [0.29, 0.717) is 12.2 Å². The summed E-state index contributed by atoms with van der Waals surface area (Å²) in [7, 11) is 0. The molecular weight excluding hydrogens is 308 g/mol. The first-order valence-corrected chi connectivity index (χ1v) is 8.15. The van der Waals surface area contributed by atoms with Gasteiger partial charge in [0.2, 0.25) is 0 Å². The number of hydrogen-bond donors (Lipinski definition) is 0. The normalized spacial score (nSPS) is 11.1. The number of nitrogens with zero attached hydrogens (tertiary/aromatic N) is 4. The minimum absolute atomic E-state index is 0.520. The van der Waals surface area contributed by atoms with Gasteiger partial charge >= 0.3 is 0 Å². The molecule has 0 spiro atoms. The quantitative estimate of drug-likeness (QED) is 0.256. The van der Waals surface area contributed by atoms with Crippen molar-refractivity contribution in [1.82, 2.24) is 4.90 Å². The fraction of sp³-hybridized carbons (Fsp3) is 0.143. The van der Waals surface area contributed by atoms with E-state index in [4.69, 9.17) is 5.53 Å². The average molecular weight is 330 g/mol. The van der Waals surface area contributed by atoms with Crippen LogP contribution < -0.4 is 0 Å². The standard InChI is InChI=1S/C21H22N4/c1-19(23-24-22)17-25(18-21-14-7-3-8-15-21)16-10-4-9-13-20-11-5-2-6-12-20/h2-15H,1,16-18H2/b10-4+,13-9+. The fourth-order valence-electron chi connectivity index (χ4n) is 2.40. The zero-order valence-corrected chi connectivity index (χ0v) is 14.2. The van der Waals surface area contributed by atoms with Crippen LogP contribution >= 0.6 is 0 Å². The van der Waals surface area contributed by atoms with Gasteiger partial charge in [0.25, 0.3) is 0 Å². The first-order valence-electron chi connectivity index (χ1n) is 8.15. The van der Waals surface area contributed by atoms with Gasteiger partial charge in [0.05, 0.1) is 0 Å². The number of hydrogen-bond acceptors (Lipinski definition) is 2. The molecule has 0 amide bonds. The smallest absolute Gasteiger partial charge is 0.0260 e. The maximum atomic E-state index is 8.55. The van der Waals surface area contributed by atoms with Crippen molar-refractivity contribution in [2.24, 2.45) is 5.11 Å². The molecule has 0 aliphatic carbocycles. The SMILES string of the molecule is C=C(CN(C/C=C/C=C/c1ccccc1)Cc1ccccc1)N=[N+]=[N-]. The number of azide groups is 1. The highest BCUT2D eigenvalue weighted by molar-refractivity contribution is 5.50. The van der Waals surface area contributed by atoms with E-state index in [1.165, 1.54) is 11.1 Å². The molecule has 0 aliphatic rings. The zero-order chi connectivity index (χ0) is 17.7. The van der Waals surface area contributed by atoms with E-state index < -0.39 is 0 Å². The lowest BCUT2D eigenvalue weighted by Crippen LogP contribution is -2.25. The minimum atomic E-state index is 0.520. The van der Waals surface area contributed by atoms with Gasteiger partial charge in [-0.15, -0.1) is 0 Å². The van der Waals surface area contributed by atoms with Crippen LogP contribution in [0.5, 0.6) is 0 Å². The van der Waals surface area contributed by atoms with Crippen molar-refractivity contribution < 1.29 is 0 Å². The molecule has 25 heavy (non-hydrogen) atoms. The Bertz CT molecular complexity index is 757. The third-order valence-electron chi connectivity index (χ3n) is 3.54. The topological polar surface area (TPSA) is 52.0 Å². The summed E-state index contributed by atoms with van der Waals surface area (Å²) in [5.41, 5.74) is 11.5. The summed E-state index contributed by atoms with van der Waals surface area (Å²) in [5, 5.41) is 3.60. The summed E-state index contributed by atoms with van der Waals surface area (Å²) in [6.07, 6.45) is 8.21. The molecule has 0 saturated carbocycles. The summed E-state index contributed by atoms with van der Waals surface area (Å²) < 4.78 is 0. The first-order chi connectivity index (χ1) is 12.3. The van der Waals surface area contributed by atoms with Gasteiger partial charge in [0, 0.05) is 30.2 Å². The van der Waals surface area contributed by atoms with Crippen LogP contribution in [-0.4, -0.2) is 18.0 Å². The molecule has 2 aromatic carbocycles. The summed E-state index contributed by atoms with van der Waals surface area (Å²) in [6, 6.07) is 20.4. The van der Waals surface area contributed by atoms with Gasteiger partial charge in [-0.3, -0.25) is 4.90 Å². The van der Waals surface area contributed by atoms with Crippen LogP contribution in [0.2, 0.25) is 0 Å². The Hall–Kier alpha value is -3.07. The van der Waals surface area contributed by atoms with Crippen LogP contribution in [0.25, 0.3) is 16.5 Å². The third kappa shape index (κ3) is 7.36. The molecule has 0 N–H and O–H groups in total. The molecular formula is C21H22N4. The van der Waals surface area contributed by atoms with Crippen LogP contribution in [0.15, 0.2) is 96.3 Å². The van der Waals surface area contributed by atoms with Crippen molar-refractivity contribution in [2.75, 3.05) is 13.1 Å². The molecule has 0 radical (unpaired) electrons. The van der Waals surface area contributed by atoms with Gasteiger partial charge in [-0.25, -0.2) is 0 Å². The zero-order valence-electron chi connectivity index (χ0n) is 14.2. The van der Waals surface area contributed by atoms with Crippen LogP contribution in [0.1, 0.15) is 11.1 Å². The lowest BCUT2D eigenvalue weighted by Gasteiger charge is -2.20. The van der Waals surface area contributed by atoms with Gasteiger partial charge in [-0.2, -0.15) is 0 Å². The van der Waals surface area contributed by atoms with E-state index in [9.17, 15) is 0 Å². The Morgan fingerprint density at radius 1 is 1.04 bits per heavy atom. The maximum Gasteiger partial charge on any atom is 0.0260 e. The molecule has 126 valence electrons. The molecule has 4 nitrogen and oxygen atoms in total. The highest BCUT2D eigenvalue weighted by Gasteiger charge is 2.05. The Balaban J connectivity index is 1.94. The number of benzene rings is 2. The predicted octanol–water partition coefficient (Wildman–Crippen LogP) is 5.58. The Morgan fingerprint density at radius 2 is 1.72 bits per heavy atom. The fourth-order valence-corrected chi connectivity index (χ4v) is 2.40. The van der Waals surface area contributed by atoms with E-state index in [1.807, 2.05) is 48.6 Å². The van der Waals surface area contributed by atoms with E-state index in [1.54, 1.807) is 0 Å². The van der Waals surface area contributed by atoms with E-state index in [2.05, 4.69) is 57.9 Å². The van der Waals surface area contributed by atoms with Crippen LogP contribution in [0.3, 0.4) is 0 Å². The highest BCUT2D eigenvalue weighted by atomic mass is 15.2. The molecule has 0 atom stereocenters. The largest absolute Gasteiger partial charge is 0.291 e. The molecule has 0 fully saturated rings. The second kappa shape index (κ2) is 10.7. The second-order valence-corrected chi connectivity index (χ2v) is 5.61. The number of allylic oxidation sites excluding steroid dienone is 2. The molecule has 0 bridgehead atoms. The van der Waals surface area contributed by atoms with Gasteiger partial charge < -0.3 is 0 Å². The molecule has 0 aliphatic heterocycles. The minimum Gasteiger partial charge on any atom is -0.291 e. The monoisotopic (exact) mass is 330 g/mol. The van der Waals surface area contributed by atoms with Crippen molar-refractivity contribution in [3.63, 3.8) is 0 Å². The summed E-state index contributed by atoms with van der Waals surface area (Å²) in [6.45, 7) is 5.86. The summed E-state index contributed by atoms with van der Waals surface area (Å²) >= 11 is 0. The molecule has 0 aromatic heterocycles. The van der Waals surface area contributed by atoms with Crippen molar-refractivity contribution in [3.05, 3.63) is 113 Å². The van der Waals surface area contributed by atoms with Gasteiger partial charge in [0.1, 0.15) is 0 Å². The predicted molar refractivity (Wildman–Crippen MR) is 105 cm³/mol. The van der Waals surface area contributed by atoms with Crippen LogP contribution in [0, 0.1) is 0 Å². The maximum absolute atomic E-state index is 8.55. The molecule has 0 saturated heterocycles. The van der Waals surface area contributed by atoms with Gasteiger partial charge in [-0.1, -0.05) is 96.7 Å². The second-order valence-electron chi connectivity index (χ2n) is 5.61. The van der Waals surface area contributed by atoms with Gasteiger partial charge in [0.15, 0.2) is 0 Å². The molecule has 0 unspecified atom stereocenters. The summed E-state index contributed by atoms with van der Waals surface area (Å²) in [5.74, 6) is 0. The lowest BCUT2D eigenvalue weighted by molar-refractivity contribution is 0.319. The average Bonchev–Trinajstić information content (AvgIpc) is 2.63. The summed E-state index contributed by atoms with van der Waals surface area (Å²) in [4.78, 5) is 4.99. The van der Waals surface area contributed by atoms with E-state index in [-0.39, 0.29) is 0 Å². The van der Waals surface area contributed by atoms with Crippen LogP contribution in [0.4, 0.5) is 0 Å². The molecule has 2 aromatic rings. The first kappa shape index (κ1) is 18.3. The van der Waals surface area contributed by atoms with Gasteiger partial charge in [-0.05, 0) is 16.7 Å². The molecule has 2 rings (SSSR count). The van der Waals surface area contributed by atoms with Crippen LogP contribution in [-0.2, 0) is 6.54 Å². The van der Waals surface area contributed by atoms with Crippen molar-refractivity contribution in [1.29, 1.82) is 0 Å². The van der Waals surface area contributed by atoms with Crippen molar-refractivity contribution >= 4 is 6.08 Å². The van der Waals surface area contributed by atoms with Crippen molar-refractivity contribution in [3.8, 4) is 0 Å². The Labute approximate surface area is 149 Å². The Morgan fingerprint density at radius 3 is 2.40 bits per heavy atom.